The van der Waals surface area contributed by atoms with E-state index in [1.165, 1.54) is 12.3 Å². The zero-order chi connectivity index (χ0) is 12.6. The van der Waals surface area contributed by atoms with Crippen LogP contribution in [0, 0.1) is 0 Å². The molecule has 0 aliphatic carbocycles. The highest BCUT2D eigenvalue weighted by Crippen LogP contribution is 2.28. The lowest BCUT2D eigenvalue weighted by atomic mass is 9.99. The maximum Gasteiger partial charge on any atom is 0.471 e. The summed E-state index contributed by atoms with van der Waals surface area (Å²) in [5.74, 6) is -1.88. The van der Waals surface area contributed by atoms with Crippen LogP contribution >= 0.6 is 0 Å². The van der Waals surface area contributed by atoms with E-state index >= 15 is 0 Å². The van der Waals surface area contributed by atoms with Gasteiger partial charge < -0.3 is 9.88 Å². The molecule has 2 rings (SSSR count). The van der Waals surface area contributed by atoms with Gasteiger partial charge in [-0.15, -0.1) is 0 Å². The number of rotatable bonds is 1. The highest BCUT2D eigenvalue weighted by atomic mass is 19.4. The third-order valence-corrected chi connectivity index (χ3v) is 2.49. The van der Waals surface area contributed by atoms with Gasteiger partial charge in [-0.2, -0.15) is 13.2 Å². The first-order valence-electron chi connectivity index (χ1n) is 4.79. The van der Waals surface area contributed by atoms with Gasteiger partial charge in [0.2, 0.25) is 0 Å². The molecule has 0 radical (unpaired) electrons. The molecule has 1 aromatic rings. The first kappa shape index (κ1) is 11.6. The zero-order valence-corrected chi connectivity index (χ0v) is 8.49. The molecule has 2 heterocycles. The SMILES string of the molecule is O=C(N1CC(c2nccc(=O)[nH]2)C1)C(F)(F)F. The Bertz CT molecular complexity index is 491. The van der Waals surface area contributed by atoms with Crippen molar-refractivity contribution in [2.75, 3.05) is 13.1 Å². The van der Waals surface area contributed by atoms with Crippen LogP contribution in [0.3, 0.4) is 0 Å². The molecule has 0 unspecified atom stereocenters. The fourth-order valence-corrected chi connectivity index (χ4v) is 1.59. The van der Waals surface area contributed by atoms with Gasteiger partial charge in [-0.3, -0.25) is 9.59 Å². The average molecular weight is 247 g/mol. The van der Waals surface area contributed by atoms with E-state index in [-0.39, 0.29) is 24.6 Å². The molecule has 1 aliphatic heterocycles. The largest absolute Gasteiger partial charge is 0.471 e. The molecule has 92 valence electrons. The second-order valence-electron chi connectivity index (χ2n) is 3.72. The number of nitrogens with zero attached hydrogens (tertiary/aromatic N) is 2. The first-order chi connectivity index (χ1) is 7.88. The maximum atomic E-state index is 12.0. The lowest BCUT2D eigenvalue weighted by Gasteiger charge is -2.38. The third-order valence-electron chi connectivity index (χ3n) is 2.49. The first-order valence-corrected chi connectivity index (χ1v) is 4.79. The minimum atomic E-state index is -4.84. The van der Waals surface area contributed by atoms with Crippen molar-refractivity contribution in [1.29, 1.82) is 0 Å². The minimum Gasteiger partial charge on any atom is -0.333 e. The van der Waals surface area contributed by atoms with Crippen molar-refractivity contribution in [1.82, 2.24) is 14.9 Å². The Morgan fingerprint density at radius 3 is 2.65 bits per heavy atom. The van der Waals surface area contributed by atoms with E-state index in [1.807, 2.05) is 0 Å². The standard InChI is InChI=1S/C9H8F3N3O2/c10-9(11,12)8(17)15-3-5(4-15)7-13-2-1-6(16)14-7/h1-2,5H,3-4H2,(H,13,14,16). The summed E-state index contributed by atoms with van der Waals surface area (Å²) in [7, 11) is 0. The number of aromatic amines is 1. The van der Waals surface area contributed by atoms with E-state index in [1.54, 1.807) is 0 Å². The number of H-pyrrole nitrogens is 1. The predicted molar refractivity (Wildman–Crippen MR) is 50.2 cm³/mol. The summed E-state index contributed by atoms with van der Waals surface area (Å²) in [6.45, 7) is -0.156. The van der Waals surface area contributed by atoms with Crippen LogP contribution in [0.1, 0.15) is 11.7 Å². The van der Waals surface area contributed by atoms with Crippen LogP contribution in [0.15, 0.2) is 17.1 Å². The topological polar surface area (TPSA) is 66.1 Å². The van der Waals surface area contributed by atoms with Crippen LogP contribution in [-0.2, 0) is 4.79 Å². The van der Waals surface area contributed by atoms with Gasteiger partial charge in [0.15, 0.2) is 0 Å². The van der Waals surface area contributed by atoms with Crippen LogP contribution < -0.4 is 5.56 Å². The molecule has 8 heteroatoms. The number of aromatic nitrogens is 2. The number of hydrogen-bond donors (Lipinski definition) is 1. The van der Waals surface area contributed by atoms with Gasteiger partial charge in [0.1, 0.15) is 5.82 Å². The third kappa shape index (κ3) is 2.29. The predicted octanol–water partition coefficient (Wildman–Crippen LogP) is 0.258. The van der Waals surface area contributed by atoms with Crippen molar-refractivity contribution < 1.29 is 18.0 Å². The highest BCUT2D eigenvalue weighted by Gasteiger charge is 2.47. The van der Waals surface area contributed by atoms with Crippen molar-refractivity contribution in [2.45, 2.75) is 12.1 Å². The number of carbonyl (C=O) groups is 1. The monoisotopic (exact) mass is 247 g/mol. The van der Waals surface area contributed by atoms with Crippen molar-refractivity contribution in [3.63, 3.8) is 0 Å². The smallest absolute Gasteiger partial charge is 0.333 e. The minimum absolute atomic E-state index is 0.0781. The number of halogens is 3. The summed E-state index contributed by atoms with van der Waals surface area (Å²) in [5.41, 5.74) is -0.365. The summed E-state index contributed by atoms with van der Waals surface area (Å²) in [4.78, 5) is 28.7. The van der Waals surface area contributed by atoms with E-state index in [0.717, 1.165) is 0 Å². The Hall–Kier alpha value is -1.86. The Balaban J connectivity index is 2.00. The van der Waals surface area contributed by atoms with E-state index < -0.39 is 12.1 Å². The molecular weight excluding hydrogens is 239 g/mol. The van der Waals surface area contributed by atoms with Crippen molar-refractivity contribution in [3.8, 4) is 0 Å². The van der Waals surface area contributed by atoms with E-state index in [2.05, 4.69) is 9.97 Å². The quantitative estimate of drug-likeness (QED) is 0.774. The molecular formula is C9H8F3N3O2. The van der Waals surface area contributed by atoms with Crippen LogP contribution in [0.2, 0.25) is 0 Å². The molecule has 17 heavy (non-hydrogen) atoms. The van der Waals surface area contributed by atoms with Gasteiger partial charge in [0, 0.05) is 25.4 Å². The number of alkyl halides is 3. The normalized spacial score (nSPS) is 16.8. The van der Waals surface area contributed by atoms with Gasteiger partial charge in [0.25, 0.3) is 5.56 Å². The number of amides is 1. The van der Waals surface area contributed by atoms with Gasteiger partial charge in [-0.1, -0.05) is 0 Å². The molecule has 0 spiro atoms. The Morgan fingerprint density at radius 1 is 1.47 bits per heavy atom. The van der Waals surface area contributed by atoms with E-state index in [4.69, 9.17) is 0 Å². The fraction of sp³-hybridized carbons (Fsp3) is 0.444. The second-order valence-corrected chi connectivity index (χ2v) is 3.72. The van der Waals surface area contributed by atoms with Crippen molar-refractivity contribution in [3.05, 3.63) is 28.4 Å². The molecule has 1 aromatic heterocycles. The molecule has 0 atom stereocenters. The molecule has 1 aliphatic rings. The maximum absolute atomic E-state index is 12.0. The van der Waals surface area contributed by atoms with Crippen molar-refractivity contribution >= 4 is 5.91 Å². The summed E-state index contributed by atoms with van der Waals surface area (Å²) in [6, 6.07) is 1.21. The van der Waals surface area contributed by atoms with Crippen molar-refractivity contribution in [2.24, 2.45) is 0 Å². The van der Waals surface area contributed by atoms with Gasteiger partial charge in [-0.25, -0.2) is 4.98 Å². The van der Waals surface area contributed by atoms with Crippen LogP contribution in [0.5, 0.6) is 0 Å². The molecule has 0 saturated carbocycles. The summed E-state index contributed by atoms with van der Waals surface area (Å²) >= 11 is 0. The Kier molecular flexibility index (Phi) is 2.64. The van der Waals surface area contributed by atoms with Crippen LogP contribution in [0.25, 0.3) is 0 Å². The summed E-state index contributed by atoms with van der Waals surface area (Å²) in [6.07, 6.45) is -3.56. The zero-order valence-electron chi connectivity index (χ0n) is 8.49. The Morgan fingerprint density at radius 2 is 2.12 bits per heavy atom. The lowest BCUT2D eigenvalue weighted by Crippen LogP contribution is -2.53. The van der Waals surface area contributed by atoms with Gasteiger partial charge in [-0.05, 0) is 0 Å². The molecule has 1 fully saturated rings. The van der Waals surface area contributed by atoms with Gasteiger partial charge in [0.05, 0.1) is 5.92 Å². The molecule has 0 bridgehead atoms. The average Bonchev–Trinajstić information content (AvgIpc) is 2.13. The molecule has 5 nitrogen and oxygen atoms in total. The highest BCUT2D eigenvalue weighted by molar-refractivity contribution is 5.82. The summed E-state index contributed by atoms with van der Waals surface area (Å²) in [5, 5.41) is 0. The van der Waals surface area contributed by atoms with E-state index in [9.17, 15) is 22.8 Å². The number of likely N-dealkylation sites (tertiary alicyclic amines) is 1. The Labute approximate surface area is 93.3 Å². The number of carbonyl (C=O) groups excluding carboxylic acids is 1. The van der Waals surface area contributed by atoms with E-state index in [0.29, 0.717) is 10.7 Å². The molecule has 0 aromatic carbocycles. The molecule has 1 amide bonds. The second kappa shape index (κ2) is 3.86. The summed E-state index contributed by atoms with van der Waals surface area (Å²) < 4.78 is 36.1. The fourth-order valence-electron chi connectivity index (χ4n) is 1.59. The lowest BCUT2D eigenvalue weighted by molar-refractivity contribution is -0.190. The molecule has 1 saturated heterocycles. The van der Waals surface area contributed by atoms with Crippen LogP contribution in [-0.4, -0.2) is 40.0 Å². The molecule has 1 N–H and O–H groups in total. The van der Waals surface area contributed by atoms with Crippen LogP contribution in [0.4, 0.5) is 13.2 Å². The number of nitrogens with one attached hydrogen (secondary N) is 1. The number of hydrogen-bond acceptors (Lipinski definition) is 3. The van der Waals surface area contributed by atoms with Gasteiger partial charge >= 0.3 is 12.1 Å².